The van der Waals surface area contributed by atoms with Crippen molar-refractivity contribution in [3.63, 3.8) is 0 Å². The Morgan fingerprint density at radius 2 is 1.06 bits per heavy atom. The van der Waals surface area contributed by atoms with Crippen LogP contribution in [0.5, 0.6) is 0 Å². The van der Waals surface area contributed by atoms with Gasteiger partial charge < -0.3 is 0 Å². The number of aryl methyl sites for hydroxylation is 4. The van der Waals surface area contributed by atoms with Crippen LogP contribution in [-0.2, 0) is 18.3 Å². The van der Waals surface area contributed by atoms with Gasteiger partial charge >= 0.3 is 0 Å². The fourth-order valence-corrected chi connectivity index (χ4v) is 5.13. The predicted molar refractivity (Wildman–Crippen MR) is 144 cm³/mol. The summed E-state index contributed by atoms with van der Waals surface area (Å²) in [6.45, 7) is 24.2. The average molecular weight is 425 g/mol. The third-order valence-electron chi connectivity index (χ3n) is 6.51. The van der Waals surface area contributed by atoms with Crippen LogP contribution < -0.4 is 0 Å². The van der Waals surface area contributed by atoms with Gasteiger partial charge in [-0.2, -0.15) is 0 Å². The van der Waals surface area contributed by atoms with Crippen LogP contribution in [0, 0.1) is 19.8 Å². The predicted octanol–water partition coefficient (Wildman–Crippen LogP) is 10.0. The first-order valence-electron chi connectivity index (χ1n) is 13.2. The van der Waals surface area contributed by atoms with Gasteiger partial charge in [-0.25, -0.2) is 0 Å². The maximum Gasteiger partial charge on any atom is 0.0228 e. The highest BCUT2D eigenvalue weighted by molar-refractivity contribution is 5.46. The molecular weight excluding hydrogens is 372 g/mol. The maximum atomic E-state index is 2.50. The van der Waals surface area contributed by atoms with Gasteiger partial charge in [0.25, 0.3) is 0 Å². The summed E-state index contributed by atoms with van der Waals surface area (Å²) in [6.07, 6.45) is 7.13. The molecule has 0 bridgehead atoms. The summed E-state index contributed by atoms with van der Waals surface area (Å²) in [5, 5.41) is 0. The molecule has 0 N–H and O–H groups in total. The van der Waals surface area contributed by atoms with Gasteiger partial charge in [-0.15, -0.1) is 0 Å². The third-order valence-corrected chi connectivity index (χ3v) is 6.51. The molecule has 0 heteroatoms. The zero-order valence-electron chi connectivity index (χ0n) is 22.8. The Bertz CT molecular complexity index is 684. The molecular formula is C31H52. The summed E-state index contributed by atoms with van der Waals surface area (Å²) >= 11 is 0. The Kier molecular flexibility index (Phi) is 14.5. The molecule has 0 saturated carbocycles. The van der Waals surface area contributed by atoms with Crippen LogP contribution in [0.25, 0.3) is 0 Å². The summed E-state index contributed by atoms with van der Waals surface area (Å²) < 4.78 is 0. The van der Waals surface area contributed by atoms with E-state index in [9.17, 15) is 0 Å². The highest BCUT2D eigenvalue weighted by Gasteiger charge is 2.39. The van der Waals surface area contributed by atoms with E-state index in [0.717, 1.165) is 19.3 Å². The van der Waals surface area contributed by atoms with Gasteiger partial charge in [0.05, 0.1) is 0 Å². The molecule has 2 aromatic carbocycles. The van der Waals surface area contributed by atoms with Crippen LogP contribution in [0.3, 0.4) is 0 Å². The van der Waals surface area contributed by atoms with Gasteiger partial charge in [-0.05, 0) is 67.7 Å². The van der Waals surface area contributed by atoms with E-state index in [1.807, 2.05) is 27.7 Å². The van der Waals surface area contributed by atoms with Crippen molar-refractivity contribution in [2.75, 3.05) is 0 Å². The lowest BCUT2D eigenvalue weighted by atomic mass is 9.61. The van der Waals surface area contributed by atoms with E-state index in [1.165, 1.54) is 52.6 Å². The minimum atomic E-state index is 0.108. The van der Waals surface area contributed by atoms with Crippen molar-refractivity contribution in [1.82, 2.24) is 0 Å². The molecule has 0 nitrogen and oxygen atoms in total. The van der Waals surface area contributed by atoms with Crippen molar-refractivity contribution in [2.24, 2.45) is 5.92 Å². The van der Waals surface area contributed by atoms with E-state index < -0.39 is 0 Å². The molecule has 0 heterocycles. The van der Waals surface area contributed by atoms with Gasteiger partial charge in [0.15, 0.2) is 0 Å². The lowest BCUT2D eigenvalue weighted by Crippen LogP contribution is -2.36. The topological polar surface area (TPSA) is 0 Å². The van der Waals surface area contributed by atoms with Crippen molar-refractivity contribution in [3.8, 4) is 0 Å². The second kappa shape index (κ2) is 15.3. The van der Waals surface area contributed by atoms with E-state index in [2.05, 4.69) is 84.9 Å². The molecule has 176 valence electrons. The fourth-order valence-electron chi connectivity index (χ4n) is 5.13. The molecule has 0 aliphatic carbocycles. The van der Waals surface area contributed by atoms with Gasteiger partial charge in [-0.1, -0.05) is 123 Å². The Labute approximate surface area is 195 Å². The second-order valence-corrected chi connectivity index (χ2v) is 8.34. The number of rotatable bonds is 9. The smallest absolute Gasteiger partial charge is 0.0228 e. The lowest BCUT2D eigenvalue weighted by Gasteiger charge is -2.42. The first-order chi connectivity index (χ1) is 14.9. The van der Waals surface area contributed by atoms with E-state index in [-0.39, 0.29) is 5.41 Å². The third kappa shape index (κ3) is 7.23. The molecule has 1 unspecified atom stereocenters. The summed E-state index contributed by atoms with van der Waals surface area (Å²) in [5.41, 5.74) is 8.92. The standard InChI is InChI=1S/C27H40.2C2H6/c1-8-13-24(11-4)27(12-5,25-16-20(6)14-22(9-2)18-25)26-17-21(7)15-23(10-3)19-26;2*1-2/h14-19,24H,8-13H2,1-7H3;2*1-2H3. The quantitative estimate of drug-likeness (QED) is 0.375. The van der Waals surface area contributed by atoms with Gasteiger partial charge in [0.2, 0.25) is 0 Å². The van der Waals surface area contributed by atoms with Gasteiger partial charge in [0.1, 0.15) is 0 Å². The largest absolute Gasteiger partial charge is 0.0683 e. The fraction of sp³-hybridized carbons (Fsp3) is 0.613. The monoisotopic (exact) mass is 424 g/mol. The zero-order valence-corrected chi connectivity index (χ0v) is 22.8. The van der Waals surface area contributed by atoms with Gasteiger partial charge in [-0.3, -0.25) is 0 Å². The van der Waals surface area contributed by atoms with Crippen LogP contribution in [0.2, 0.25) is 0 Å². The summed E-state index contributed by atoms with van der Waals surface area (Å²) in [4.78, 5) is 0. The van der Waals surface area contributed by atoms with Crippen LogP contribution in [0.1, 0.15) is 121 Å². The molecule has 0 spiro atoms. The summed E-state index contributed by atoms with van der Waals surface area (Å²) in [6, 6.07) is 14.7. The zero-order chi connectivity index (χ0) is 24.0. The molecule has 2 aromatic rings. The molecule has 1 atom stereocenters. The Morgan fingerprint density at radius 1 is 0.645 bits per heavy atom. The summed E-state index contributed by atoms with van der Waals surface area (Å²) in [5.74, 6) is 0.672. The minimum Gasteiger partial charge on any atom is -0.0683 e. The van der Waals surface area contributed by atoms with Crippen molar-refractivity contribution in [3.05, 3.63) is 69.8 Å². The lowest BCUT2D eigenvalue weighted by molar-refractivity contribution is 0.279. The van der Waals surface area contributed by atoms with Gasteiger partial charge in [0, 0.05) is 5.41 Å². The van der Waals surface area contributed by atoms with Crippen LogP contribution in [0.4, 0.5) is 0 Å². The minimum absolute atomic E-state index is 0.108. The SMILES string of the molecule is CC.CC.CCCC(CC)C(CC)(c1cc(C)cc(CC)c1)c1cc(C)cc(CC)c1. The van der Waals surface area contributed by atoms with E-state index >= 15 is 0 Å². The number of benzene rings is 2. The molecule has 0 saturated heterocycles. The Balaban J connectivity index is 0.00000212. The highest BCUT2D eigenvalue weighted by Crippen LogP contribution is 2.47. The molecule has 0 radical (unpaired) electrons. The summed E-state index contributed by atoms with van der Waals surface area (Å²) in [7, 11) is 0. The van der Waals surface area contributed by atoms with Crippen LogP contribution in [-0.4, -0.2) is 0 Å². The molecule has 0 aromatic heterocycles. The van der Waals surface area contributed by atoms with E-state index in [4.69, 9.17) is 0 Å². The molecule has 0 fully saturated rings. The first-order valence-corrected chi connectivity index (χ1v) is 13.2. The molecule has 0 amide bonds. The van der Waals surface area contributed by atoms with Crippen molar-refractivity contribution < 1.29 is 0 Å². The van der Waals surface area contributed by atoms with Crippen molar-refractivity contribution in [2.45, 2.75) is 120 Å². The van der Waals surface area contributed by atoms with Crippen LogP contribution >= 0.6 is 0 Å². The first kappa shape index (κ1) is 29.4. The van der Waals surface area contributed by atoms with Crippen molar-refractivity contribution >= 4 is 0 Å². The number of hydrogen-bond donors (Lipinski definition) is 0. The highest BCUT2D eigenvalue weighted by atomic mass is 14.4. The van der Waals surface area contributed by atoms with Crippen molar-refractivity contribution in [1.29, 1.82) is 0 Å². The van der Waals surface area contributed by atoms with Crippen LogP contribution in [0.15, 0.2) is 36.4 Å². The van der Waals surface area contributed by atoms with E-state index in [1.54, 1.807) is 0 Å². The Hall–Kier alpha value is -1.56. The molecule has 0 aliphatic heterocycles. The molecule has 2 rings (SSSR count). The Morgan fingerprint density at radius 3 is 1.35 bits per heavy atom. The van der Waals surface area contributed by atoms with E-state index in [0.29, 0.717) is 5.92 Å². The number of hydrogen-bond acceptors (Lipinski definition) is 0. The normalized spacial score (nSPS) is 11.7. The average Bonchev–Trinajstić information content (AvgIpc) is 2.81. The molecule has 31 heavy (non-hydrogen) atoms. The second-order valence-electron chi connectivity index (χ2n) is 8.34. The maximum absolute atomic E-state index is 2.50. The molecule has 0 aliphatic rings.